The second-order valence-corrected chi connectivity index (χ2v) is 4.41. The van der Waals surface area contributed by atoms with Crippen LogP contribution in [0.25, 0.3) is 0 Å². The van der Waals surface area contributed by atoms with Gasteiger partial charge in [0.1, 0.15) is 5.03 Å². The topological polar surface area (TPSA) is 34.2 Å². The van der Waals surface area contributed by atoms with Crippen LogP contribution in [0.5, 0.6) is 0 Å². The molecule has 1 N–H and O–H groups in total. The Morgan fingerprint density at radius 3 is 2.82 bits per heavy atom. The molecule has 0 unspecified atom stereocenters. The Morgan fingerprint density at radius 1 is 1.41 bits per heavy atom. The zero-order valence-corrected chi connectivity index (χ0v) is 10.7. The predicted octanol–water partition coefficient (Wildman–Crippen LogP) is 2.92. The van der Waals surface area contributed by atoms with E-state index >= 15 is 0 Å². The lowest BCUT2D eigenvalue weighted by Crippen LogP contribution is -2.04. The molecule has 6 heteroatoms. The Morgan fingerprint density at radius 2 is 2.18 bits per heavy atom. The lowest BCUT2D eigenvalue weighted by atomic mass is 10.4. The van der Waals surface area contributed by atoms with Crippen LogP contribution in [0.1, 0.15) is 13.3 Å². The fraction of sp³-hybridized carbons (Fsp3) is 0.545. The molecule has 0 aliphatic carbocycles. The molecular weight excluding hydrogens is 246 g/mol. The molecule has 0 aliphatic rings. The van der Waals surface area contributed by atoms with Gasteiger partial charge in [0.25, 0.3) is 0 Å². The number of ether oxygens (including phenoxy) is 1. The van der Waals surface area contributed by atoms with Crippen molar-refractivity contribution in [2.75, 3.05) is 31.3 Å². The Bertz CT molecular complexity index is 364. The number of hydrogen-bond acceptors (Lipinski definition) is 4. The maximum atomic E-state index is 13.4. The van der Waals surface area contributed by atoms with Gasteiger partial charge in [-0.1, -0.05) is 0 Å². The van der Waals surface area contributed by atoms with Gasteiger partial charge in [-0.3, -0.25) is 0 Å². The number of methoxy groups -OCH3 is 1. The van der Waals surface area contributed by atoms with Crippen molar-refractivity contribution in [1.29, 1.82) is 0 Å². The van der Waals surface area contributed by atoms with Crippen molar-refractivity contribution in [2.24, 2.45) is 0 Å². The molecule has 0 aromatic carbocycles. The van der Waals surface area contributed by atoms with Crippen molar-refractivity contribution in [3.8, 4) is 0 Å². The third-order valence-corrected chi connectivity index (χ3v) is 3.03. The minimum Gasteiger partial charge on any atom is -0.385 e. The number of nitrogens with one attached hydrogen (secondary N) is 1. The highest BCUT2D eigenvalue weighted by atomic mass is 32.2. The molecule has 0 saturated heterocycles. The first-order chi connectivity index (χ1) is 8.19. The van der Waals surface area contributed by atoms with E-state index in [0.717, 1.165) is 12.5 Å². The molecule has 0 spiro atoms. The molecule has 1 heterocycles. The molecule has 0 bridgehead atoms. The molecular formula is C11H16F2N2OS. The molecule has 0 fully saturated rings. The fourth-order valence-corrected chi connectivity index (χ4v) is 2.02. The van der Waals surface area contributed by atoms with Crippen LogP contribution in [0.3, 0.4) is 0 Å². The van der Waals surface area contributed by atoms with E-state index in [9.17, 15) is 8.78 Å². The van der Waals surface area contributed by atoms with Gasteiger partial charge in [0, 0.05) is 32.1 Å². The number of hydrogen-bond donors (Lipinski definition) is 1. The van der Waals surface area contributed by atoms with Gasteiger partial charge in [-0.15, -0.1) is 11.8 Å². The quantitative estimate of drug-likeness (QED) is 0.605. The number of rotatable bonds is 7. The molecule has 17 heavy (non-hydrogen) atoms. The summed E-state index contributed by atoms with van der Waals surface area (Å²) in [6.07, 6.45) is 0.802. The maximum absolute atomic E-state index is 13.4. The molecule has 3 nitrogen and oxygen atoms in total. The van der Waals surface area contributed by atoms with E-state index < -0.39 is 11.6 Å². The summed E-state index contributed by atoms with van der Waals surface area (Å²) in [5.41, 5.74) is 0. The zero-order valence-electron chi connectivity index (χ0n) is 9.93. The highest BCUT2D eigenvalue weighted by Crippen LogP contribution is 2.24. The number of anilines is 1. The Balaban J connectivity index is 2.66. The van der Waals surface area contributed by atoms with Crippen molar-refractivity contribution in [2.45, 2.75) is 18.4 Å². The summed E-state index contributed by atoms with van der Waals surface area (Å²) in [5, 5.41) is 2.97. The van der Waals surface area contributed by atoms with Gasteiger partial charge in [-0.05, 0) is 13.3 Å². The monoisotopic (exact) mass is 262 g/mol. The first kappa shape index (κ1) is 14.2. The number of aromatic nitrogens is 1. The van der Waals surface area contributed by atoms with E-state index in [0.29, 0.717) is 18.9 Å². The molecule has 0 amide bonds. The van der Waals surface area contributed by atoms with Crippen molar-refractivity contribution in [3.63, 3.8) is 0 Å². The summed E-state index contributed by atoms with van der Waals surface area (Å²) in [6.45, 7) is 3.00. The molecule has 0 radical (unpaired) electrons. The normalized spacial score (nSPS) is 10.6. The van der Waals surface area contributed by atoms with E-state index in [2.05, 4.69) is 10.3 Å². The van der Waals surface area contributed by atoms with Crippen molar-refractivity contribution in [3.05, 3.63) is 17.7 Å². The summed E-state index contributed by atoms with van der Waals surface area (Å²) >= 11 is 1.26. The van der Waals surface area contributed by atoms with Gasteiger partial charge < -0.3 is 10.1 Å². The van der Waals surface area contributed by atoms with Crippen LogP contribution in [0, 0.1) is 11.6 Å². The maximum Gasteiger partial charge on any atom is 0.168 e. The lowest BCUT2D eigenvalue weighted by molar-refractivity contribution is 0.200. The van der Waals surface area contributed by atoms with E-state index in [-0.39, 0.29) is 10.8 Å². The number of nitrogens with zero attached hydrogens (tertiary/aromatic N) is 1. The van der Waals surface area contributed by atoms with Crippen LogP contribution in [-0.2, 0) is 4.74 Å². The van der Waals surface area contributed by atoms with Crippen LogP contribution >= 0.6 is 11.8 Å². The largest absolute Gasteiger partial charge is 0.385 e. The standard InChI is InChI=1S/C11H16F2N2OS/c1-3-14-10-8(12)7-9(13)11(15-10)17-6-4-5-16-2/h7H,3-6H2,1-2H3,(H,14,15). The van der Waals surface area contributed by atoms with Gasteiger partial charge in [-0.2, -0.15) is 0 Å². The molecule has 96 valence electrons. The minimum absolute atomic E-state index is 0.100. The number of thioether (sulfide) groups is 1. The van der Waals surface area contributed by atoms with Crippen LogP contribution < -0.4 is 5.32 Å². The Kier molecular flexibility index (Phi) is 6.21. The zero-order chi connectivity index (χ0) is 12.7. The fourth-order valence-electron chi connectivity index (χ4n) is 1.21. The van der Waals surface area contributed by atoms with Crippen molar-refractivity contribution >= 4 is 17.6 Å². The molecule has 0 atom stereocenters. The van der Waals surface area contributed by atoms with Crippen LogP contribution in [0.15, 0.2) is 11.1 Å². The molecule has 0 aliphatic heterocycles. The predicted molar refractivity (Wildman–Crippen MR) is 65.5 cm³/mol. The van der Waals surface area contributed by atoms with Crippen LogP contribution in [-0.4, -0.2) is 31.0 Å². The van der Waals surface area contributed by atoms with Gasteiger partial charge in [0.05, 0.1) is 0 Å². The molecule has 1 aromatic rings. The molecule has 1 aromatic heterocycles. The second kappa shape index (κ2) is 7.45. The van der Waals surface area contributed by atoms with E-state index in [1.807, 2.05) is 6.92 Å². The van der Waals surface area contributed by atoms with E-state index in [1.54, 1.807) is 7.11 Å². The van der Waals surface area contributed by atoms with Crippen LogP contribution in [0.2, 0.25) is 0 Å². The Labute approximate surface area is 104 Å². The summed E-state index contributed by atoms with van der Waals surface area (Å²) in [5.74, 6) is -0.491. The van der Waals surface area contributed by atoms with Crippen LogP contribution in [0.4, 0.5) is 14.6 Å². The Hall–Kier alpha value is -0.880. The van der Waals surface area contributed by atoms with Gasteiger partial charge in [-0.25, -0.2) is 13.8 Å². The highest BCUT2D eigenvalue weighted by molar-refractivity contribution is 7.99. The summed E-state index contributed by atoms with van der Waals surface area (Å²) < 4.78 is 31.6. The van der Waals surface area contributed by atoms with E-state index in [4.69, 9.17) is 4.74 Å². The first-order valence-electron chi connectivity index (χ1n) is 5.40. The average molecular weight is 262 g/mol. The lowest BCUT2D eigenvalue weighted by Gasteiger charge is -2.07. The minimum atomic E-state index is -0.661. The third kappa shape index (κ3) is 4.47. The van der Waals surface area contributed by atoms with Gasteiger partial charge in [0.15, 0.2) is 17.5 Å². The molecule has 1 rings (SSSR count). The van der Waals surface area contributed by atoms with Crippen molar-refractivity contribution < 1.29 is 13.5 Å². The molecule has 0 saturated carbocycles. The summed E-state index contributed by atoms with van der Waals surface area (Å²) in [4.78, 5) is 3.92. The number of halogens is 2. The van der Waals surface area contributed by atoms with Gasteiger partial charge >= 0.3 is 0 Å². The first-order valence-corrected chi connectivity index (χ1v) is 6.39. The summed E-state index contributed by atoms with van der Waals surface area (Å²) in [7, 11) is 1.62. The van der Waals surface area contributed by atoms with Gasteiger partial charge in [0.2, 0.25) is 0 Å². The number of pyridine rings is 1. The third-order valence-electron chi connectivity index (χ3n) is 1.97. The second-order valence-electron chi connectivity index (χ2n) is 3.33. The average Bonchev–Trinajstić information content (AvgIpc) is 2.30. The SMILES string of the molecule is CCNc1nc(SCCCOC)c(F)cc1F. The smallest absolute Gasteiger partial charge is 0.168 e. The summed E-state index contributed by atoms with van der Waals surface area (Å²) in [6, 6.07) is 0.865. The van der Waals surface area contributed by atoms with Crippen molar-refractivity contribution in [1.82, 2.24) is 4.98 Å². The van der Waals surface area contributed by atoms with E-state index in [1.165, 1.54) is 11.8 Å². The highest BCUT2D eigenvalue weighted by Gasteiger charge is 2.11.